The molecule has 0 fully saturated rings. The maximum atomic E-state index is 11.9. The summed E-state index contributed by atoms with van der Waals surface area (Å²) in [6.45, 7) is 6.89. The van der Waals surface area contributed by atoms with Crippen LogP contribution in [0.1, 0.15) is 31.3 Å². The van der Waals surface area contributed by atoms with Crippen LogP contribution in [0.5, 0.6) is 0 Å². The first-order valence-corrected chi connectivity index (χ1v) is 5.12. The first-order valence-electron chi connectivity index (χ1n) is 5.12. The molecule has 2 N–H and O–H groups in total. The average Bonchev–Trinajstić information content (AvgIpc) is 2.15. The summed E-state index contributed by atoms with van der Waals surface area (Å²) in [5.41, 5.74) is 5.79. The van der Waals surface area contributed by atoms with E-state index in [1.807, 2.05) is 0 Å². The summed E-state index contributed by atoms with van der Waals surface area (Å²) in [7, 11) is 1.76. The summed E-state index contributed by atoms with van der Waals surface area (Å²) in [4.78, 5) is 21.4. The monoisotopic (exact) mass is 222 g/mol. The van der Waals surface area contributed by atoms with Crippen molar-refractivity contribution in [3.05, 3.63) is 18.1 Å². The number of hydrogen-bond donors (Lipinski definition) is 1. The van der Waals surface area contributed by atoms with Gasteiger partial charge in [0, 0.05) is 13.6 Å². The number of hydrogen-bond acceptors (Lipinski definition) is 4. The molecule has 0 aliphatic carbocycles. The summed E-state index contributed by atoms with van der Waals surface area (Å²) in [5.74, 6) is 0.178. The number of anilines is 1. The molecule has 5 nitrogen and oxygen atoms in total. The Balaban J connectivity index is 2.74. The Hall–Kier alpha value is -1.65. The molecule has 0 spiro atoms. The minimum atomic E-state index is -0.137. The molecular weight excluding hydrogens is 204 g/mol. The fourth-order valence-corrected chi connectivity index (χ4v) is 1.43. The van der Waals surface area contributed by atoms with Crippen LogP contribution in [0.25, 0.3) is 0 Å². The highest BCUT2D eigenvalue weighted by Crippen LogP contribution is 2.15. The van der Waals surface area contributed by atoms with Crippen LogP contribution in [-0.4, -0.2) is 34.4 Å². The highest BCUT2D eigenvalue weighted by molar-refractivity contribution is 5.91. The average molecular weight is 222 g/mol. The van der Waals surface area contributed by atoms with Crippen LogP contribution in [0, 0.1) is 5.41 Å². The fourth-order valence-electron chi connectivity index (χ4n) is 1.43. The summed E-state index contributed by atoms with van der Waals surface area (Å²) in [6, 6.07) is 0. The predicted octanol–water partition coefficient (Wildman–Crippen LogP) is 1.18. The van der Waals surface area contributed by atoms with Crippen molar-refractivity contribution in [3.8, 4) is 0 Å². The van der Waals surface area contributed by atoms with Crippen molar-refractivity contribution >= 4 is 11.7 Å². The lowest BCUT2D eigenvalue weighted by Crippen LogP contribution is -2.35. The van der Waals surface area contributed by atoms with Gasteiger partial charge in [-0.2, -0.15) is 0 Å². The van der Waals surface area contributed by atoms with E-state index in [2.05, 4.69) is 30.7 Å². The summed E-state index contributed by atoms with van der Waals surface area (Å²) >= 11 is 0. The maximum Gasteiger partial charge on any atom is 0.273 e. The van der Waals surface area contributed by atoms with Gasteiger partial charge in [-0.1, -0.05) is 20.8 Å². The minimum Gasteiger partial charge on any atom is -0.382 e. The molecule has 0 saturated carbocycles. The summed E-state index contributed by atoms with van der Waals surface area (Å²) in [6.07, 6.45) is 2.79. The van der Waals surface area contributed by atoms with Crippen molar-refractivity contribution in [2.45, 2.75) is 20.8 Å². The largest absolute Gasteiger partial charge is 0.382 e. The molecule has 0 bridgehead atoms. The second-order valence-corrected chi connectivity index (χ2v) is 5.05. The van der Waals surface area contributed by atoms with Crippen LogP contribution < -0.4 is 5.73 Å². The second kappa shape index (κ2) is 4.47. The quantitative estimate of drug-likeness (QED) is 0.815. The van der Waals surface area contributed by atoms with Gasteiger partial charge in [-0.25, -0.2) is 9.97 Å². The molecule has 0 aliphatic heterocycles. The zero-order valence-corrected chi connectivity index (χ0v) is 10.2. The normalized spacial score (nSPS) is 11.2. The molecule has 1 aromatic heterocycles. The van der Waals surface area contributed by atoms with Crippen LogP contribution in [0.4, 0.5) is 5.82 Å². The first-order chi connectivity index (χ1) is 7.29. The number of nitrogens with two attached hydrogens (primary N) is 1. The van der Waals surface area contributed by atoms with Crippen LogP contribution in [0.2, 0.25) is 0 Å². The molecule has 16 heavy (non-hydrogen) atoms. The third kappa shape index (κ3) is 3.49. The smallest absolute Gasteiger partial charge is 0.273 e. The van der Waals surface area contributed by atoms with Gasteiger partial charge in [-0.15, -0.1) is 0 Å². The van der Waals surface area contributed by atoms with Gasteiger partial charge in [0.05, 0.1) is 12.4 Å². The van der Waals surface area contributed by atoms with Gasteiger partial charge in [-0.3, -0.25) is 4.79 Å². The van der Waals surface area contributed by atoms with Crippen molar-refractivity contribution in [1.82, 2.24) is 14.9 Å². The molecule has 0 atom stereocenters. The first kappa shape index (κ1) is 12.4. The highest BCUT2D eigenvalue weighted by atomic mass is 16.2. The van der Waals surface area contributed by atoms with Gasteiger partial charge in [0.2, 0.25) is 0 Å². The van der Waals surface area contributed by atoms with E-state index in [4.69, 9.17) is 5.73 Å². The summed E-state index contributed by atoms with van der Waals surface area (Å²) < 4.78 is 0. The Morgan fingerprint density at radius 1 is 1.38 bits per heavy atom. The van der Waals surface area contributed by atoms with Gasteiger partial charge in [-0.05, 0) is 5.41 Å². The molecule has 1 heterocycles. The van der Waals surface area contributed by atoms with Gasteiger partial charge >= 0.3 is 0 Å². The lowest BCUT2D eigenvalue weighted by atomic mass is 9.96. The van der Waals surface area contributed by atoms with Gasteiger partial charge < -0.3 is 10.6 Å². The van der Waals surface area contributed by atoms with Crippen molar-refractivity contribution < 1.29 is 4.79 Å². The standard InChI is InChI=1S/C11H18N4O/c1-11(2,3)7-15(4)10(16)8-5-14-9(12)6-13-8/h5-6H,7H2,1-4H3,(H2,12,14). The number of carbonyl (C=O) groups excluding carboxylic acids is 1. The maximum absolute atomic E-state index is 11.9. The molecule has 1 amide bonds. The van der Waals surface area contributed by atoms with E-state index in [-0.39, 0.29) is 11.3 Å². The van der Waals surface area contributed by atoms with Crippen LogP contribution >= 0.6 is 0 Å². The van der Waals surface area contributed by atoms with E-state index in [0.717, 1.165) is 0 Å². The van der Waals surface area contributed by atoms with E-state index in [1.54, 1.807) is 11.9 Å². The van der Waals surface area contributed by atoms with Gasteiger partial charge in [0.15, 0.2) is 0 Å². The molecule has 0 aliphatic rings. The van der Waals surface area contributed by atoms with Crippen LogP contribution in [0.15, 0.2) is 12.4 Å². The topological polar surface area (TPSA) is 72.1 Å². The van der Waals surface area contributed by atoms with E-state index in [1.165, 1.54) is 12.4 Å². The van der Waals surface area contributed by atoms with Crippen molar-refractivity contribution in [1.29, 1.82) is 0 Å². The van der Waals surface area contributed by atoms with Crippen LogP contribution in [0.3, 0.4) is 0 Å². The number of aromatic nitrogens is 2. The van der Waals surface area contributed by atoms with Crippen molar-refractivity contribution in [3.63, 3.8) is 0 Å². The second-order valence-electron chi connectivity index (χ2n) is 5.05. The number of nitrogens with zero attached hydrogens (tertiary/aromatic N) is 3. The van der Waals surface area contributed by atoms with E-state index < -0.39 is 0 Å². The Labute approximate surface area is 95.7 Å². The highest BCUT2D eigenvalue weighted by Gasteiger charge is 2.19. The molecular formula is C11H18N4O. The van der Waals surface area contributed by atoms with Gasteiger partial charge in [0.1, 0.15) is 11.5 Å². The zero-order valence-electron chi connectivity index (χ0n) is 10.2. The Kier molecular flexibility index (Phi) is 3.47. The lowest BCUT2D eigenvalue weighted by Gasteiger charge is -2.26. The number of amides is 1. The van der Waals surface area contributed by atoms with E-state index >= 15 is 0 Å². The fraction of sp³-hybridized carbons (Fsp3) is 0.545. The summed E-state index contributed by atoms with van der Waals surface area (Å²) in [5, 5.41) is 0. The Bertz CT molecular complexity index is 367. The SMILES string of the molecule is CN(CC(C)(C)C)C(=O)c1cnc(N)cn1. The molecule has 88 valence electrons. The number of rotatable bonds is 2. The number of nitrogen functional groups attached to an aromatic ring is 1. The van der Waals surface area contributed by atoms with Crippen molar-refractivity contribution in [2.75, 3.05) is 19.3 Å². The van der Waals surface area contributed by atoms with Crippen molar-refractivity contribution in [2.24, 2.45) is 5.41 Å². The third-order valence-electron chi connectivity index (χ3n) is 1.95. The van der Waals surface area contributed by atoms with Crippen LogP contribution in [-0.2, 0) is 0 Å². The molecule has 0 aromatic carbocycles. The minimum absolute atomic E-state index is 0.0612. The third-order valence-corrected chi connectivity index (χ3v) is 1.95. The Morgan fingerprint density at radius 3 is 2.44 bits per heavy atom. The molecule has 1 rings (SSSR count). The lowest BCUT2D eigenvalue weighted by molar-refractivity contribution is 0.0739. The zero-order chi connectivity index (χ0) is 12.3. The van der Waals surface area contributed by atoms with Gasteiger partial charge in [0.25, 0.3) is 5.91 Å². The van der Waals surface area contributed by atoms with E-state index in [0.29, 0.717) is 18.1 Å². The molecule has 0 saturated heterocycles. The number of carbonyl (C=O) groups is 1. The molecule has 0 unspecified atom stereocenters. The molecule has 5 heteroatoms. The molecule has 0 radical (unpaired) electrons. The van der Waals surface area contributed by atoms with E-state index in [9.17, 15) is 4.79 Å². The molecule has 1 aromatic rings. The Morgan fingerprint density at radius 2 is 2.00 bits per heavy atom. The predicted molar refractivity (Wildman–Crippen MR) is 62.9 cm³/mol.